The van der Waals surface area contributed by atoms with Crippen molar-refractivity contribution in [1.29, 1.82) is 15.8 Å². The summed E-state index contributed by atoms with van der Waals surface area (Å²) in [5, 5.41) is 25.7. The summed E-state index contributed by atoms with van der Waals surface area (Å²) >= 11 is 0. The van der Waals surface area contributed by atoms with Gasteiger partial charge in [-0.2, -0.15) is 15.8 Å². The molecule has 0 fully saturated rings. The summed E-state index contributed by atoms with van der Waals surface area (Å²) in [6.07, 6.45) is 2.29. The largest absolute Gasteiger partial charge is 0.260 e. The number of hydrogen-bond acceptors (Lipinski definition) is 4. The van der Waals surface area contributed by atoms with Crippen molar-refractivity contribution in [3.05, 3.63) is 29.1 Å². The van der Waals surface area contributed by atoms with Crippen LogP contribution in [0.5, 0.6) is 0 Å². The molecule has 0 atom stereocenters. The minimum Gasteiger partial charge on any atom is -0.260 e. The number of aromatic nitrogens is 1. The standard InChI is InChI=1S/C11H8N4/c12-4-1-9-7-11(3-6-14)15-8-10(9)2-5-13/h7-8H,1-3H2. The minimum absolute atomic E-state index is 0.227. The number of pyridine rings is 1. The summed E-state index contributed by atoms with van der Waals surface area (Å²) in [4.78, 5) is 4.05. The first-order valence-corrected chi connectivity index (χ1v) is 4.39. The van der Waals surface area contributed by atoms with Crippen LogP contribution in [0.15, 0.2) is 12.3 Å². The third-order valence-electron chi connectivity index (χ3n) is 1.94. The molecule has 72 valence electrons. The van der Waals surface area contributed by atoms with E-state index < -0.39 is 0 Å². The van der Waals surface area contributed by atoms with Gasteiger partial charge in [-0.1, -0.05) is 0 Å². The number of hydrogen-bond donors (Lipinski definition) is 0. The lowest BCUT2D eigenvalue weighted by Crippen LogP contribution is -1.98. The average Bonchev–Trinajstić information content (AvgIpc) is 2.23. The SMILES string of the molecule is N#CCc1cc(CC#N)c(CC#N)cn1. The number of nitriles is 3. The van der Waals surface area contributed by atoms with Crippen LogP contribution in [-0.2, 0) is 19.3 Å². The van der Waals surface area contributed by atoms with Crippen LogP contribution >= 0.6 is 0 Å². The predicted molar refractivity (Wildman–Crippen MR) is 52.2 cm³/mol. The molecule has 0 aliphatic heterocycles. The lowest BCUT2D eigenvalue weighted by molar-refractivity contribution is 1.04. The van der Waals surface area contributed by atoms with Gasteiger partial charge in [0.15, 0.2) is 0 Å². The Labute approximate surface area is 88.0 Å². The minimum atomic E-state index is 0.227. The van der Waals surface area contributed by atoms with Crippen LogP contribution in [0, 0.1) is 34.0 Å². The Balaban J connectivity index is 3.06. The summed E-state index contributed by atoms with van der Waals surface area (Å²) in [5.74, 6) is 0. The molecular formula is C11H8N4. The topological polar surface area (TPSA) is 84.3 Å². The quantitative estimate of drug-likeness (QED) is 0.728. The first-order chi connectivity index (χ1) is 7.31. The van der Waals surface area contributed by atoms with Crippen LogP contribution in [0.3, 0.4) is 0 Å². The first-order valence-electron chi connectivity index (χ1n) is 4.39. The molecule has 1 heterocycles. The van der Waals surface area contributed by atoms with E-state index in [0.29, 0.717) is 5.69 Å². The molecule has 1 aromatic heterocycles. The maximum absolute atomic E-state index is 8.61. The monoisotopic (exact) mass is 196 g/mol. The molecule has 0 aliphatic rings. The average molecular weight is 196 g/mol. The van der Waals surface area contributed by atoms with Gasteiger partial charge in [-0.25, -0.2) is 0 Å². The molecule has 0 unspecified atom stereocenters. The van der Waals surface area contributed by atoms with Crippen molar-refractivity contribution in [3.63, 3.8) is 0 Å². The van der Waals surface area contributed by atoms with Gasteiger partial charge in [-0.15, -0.1) is 0 Å². The molecule has 0 bridgehead atoms. The summed E-state index contributed by atoms with van der Waals surface area (Å²) < 4.78 is 0. The molecule has 0 spiro atoms. The smallest absolute Gasteiger partial charge is 0.0774 e. The molecule has 0 radical (unpaired) electrons. The van der Waals surface area contributed by atoms with E-state index in [1.54, 1.807) is 12.3 Å². The van der Waals surface area contributed by atoms with Gasteiger partial charge in [0.05, 0.1) is 43.2 Å². The van der Waals surface area contributed by atoms with E-state index in [2.05, 4.69) is 4.98 Å². The Bertz CT molecular complexity index is 471. The van der Waals surface area contributed by atoms with Gasteiger partial charge in [0.2, 0.25) is 0 Å². The zero-order chi connectivity index (χ0) is 11.1. The van der Waals surface area contributed by atoms with E-state index in [4.69, 9.17) is 15.8 Å². The van der Waals surface area contributed by atoms with Gasteiger partial charge in [-0.3, -0.25) is 4.98 Å². The maximum Gasteiger partial charge on any atom is 0.0774 e. The van der Waals surface area contributed by atoms with E-state index in [-0.39, 0.29) is 19.3 Å². The molecule has 0 aliphatic carbocycles. The molecule has 0 N–H and O–H groups in total. The fourth-order valence-corrected chi connectivity index (χ4v) is 1.25. The fourth-order valence-electron chi connectivity index (χ4n) is 1.25. The van der Waals surface area contributed by atoms with E-state index in [1.807, 2.05) is 18.2 Å². The van der Waals surface area contributed by atoms with Gasteiger partial charge in [0.25, 0.3) is 0 Å². The van der Waals surface area contributed by atoms with Crippen LogP contribution in [-0.4, -0.2) is 4.98 Å². The number of nitrogens with zero attached hydrogens (tertiary/aromatic N) is 4. The molecule has 0 saturated carbocycles. The second kappa shape index (κ2) is 5.37. The van der Waals surface area contributed by atoms with E-state index in [1.165, 1.54) is 0 Å². The van der Waals surface area contributed by atoms with Gasteiger partial charge < -0.3 is 0 Å². The van der Waals surface area contributed by atoms with Crippen LogP contribution in [0.25, 0.3) is 0 Å². The summed E-state index contributed by atoms with van der Waals surface area (Å²) in [7, 11) is 0. The highest BCUT2D eigenvalue weighted by molar-refractivity contribution is 5.31. The van der Waals surface area contributed by atoms with Crippen LogP contribution in [0.1, 0.15) is 16.8 Å². The van der Waals surface area contributed by atoms with Gasteiger partial charge in [-0.05, 0) is 17.2 Å². The molecule has 1 aromatic rings. The maximum atomic E-state index is 8.61. The van der Waals surface area contributed by atoms with Crippen LogP contribution < -0.4 is 0 Å². The second-order valence-electron chi connectivity index (χ2n) is 2.95. The highest BCUT2D eigenvalue weighted by atomic mass is 14.7. The van der Waals surface area contributed by atoms with E-state index in [9.17, 15) is 0 Å². The summed E-state index contributed by atoms with van der Waals surface area (Å²) in [6.45, 7) is 0. The summed E-state index contributed by atoms with van der Waals surface area (Å²) in [6, 6.07) is 7.77. The first kappa shape index (κ1) is 10.7. The van der Waals surface area contributed by atoms with Crippen molar-refractivity contribution in [2.45, 2.75) is 19.3 Å². The number of rotatable bonds is 3. The van der Waals surface area contributed by atoms with Crippen molar-refractivity contribution in [2.75, 3.05) is 0 Å². The van der Waals surface area contributed by atoms with Gasteiger partial charge >= 0.3 is 0 Å². The molecule has 15 heavy (non-hydrogen) atoms. The van der Waals surface area contributed by atoms with E-state index >= 15 is 0 Å². The van der Waals surface area contributed by atoms with Crippen LogP contribution in [0.2, 0.25) is 0 Å². The van der Waals surface area contributed by atoms with Crippen molar-refractivity contribution in [3.8, 4) is 18.2 Å². The molecule has 0 saturated heterocycles. The lowest BCUT2D eigenvalue weighted by Gasteiger charge is -2.03. The zero-order valence-electron chi connectivity index (χ0n) is 8.06. The molecular weight excluding hydrogens is 188 g/mol. The zero-order valence-corrected chi connectivity index (χ0v) is 8.06. The van der Waals surface area contributed by atoms with Crippen molar-refractivity contribution in [2.24, 2.45) is 0 Å². The normalized spacial score (nSPS) is 8.60. The molecule has 0 amide bonds. The molecule has 4 nitrogen and oxygen atoms in total. The molecule has 1 rings (SSSR count). The van der Waals surface area contributed by atoms with E-state index in [0.717, 1.165) is 11.1 Å². The fraction of sp³-hybridized carbons (Fsp3) is 0.273. The summed E-state index contributed by atoms with van der Waals surface area (Å²) in [5.41, 5.74) is 2.20. The van der Waals surface area contributed by atoms with Gasteiger partial charge in [0, 0.05) is 6.20 Å². The molecule has 0 aromatic carbocycles. The highest BCUT2D eigenvalue weighted by Crippen LogP contribution is 2.11. The Morgan fingerprint density at radius 3 is 2.13 bits per heavy atom. The van der Waals surface area contributed by atoms with Crippen LogP contribution in [0.4, 0.5) is 0 Å². The van der Waals surface area contributed by atoms with Crippen molar-refractivity contribution < 1.29 is 0 Å². The highest BCUT2D eigenvalue weighted by Gasteiger charge is 2.04. The van der Waals surface area contributed by atoms with Gasteiger partial charge in [0.1, 0.15) is 0 Å². The Kier molecular flexibility index (Phi) is 3.83. The van der Waals surface area contributed by atoms with Crippen molar-refractivity contribution in [1.82, 2.24) is 4.98 Å². The third-order valence-corrected chi connectivity index (χ3v) is 1.94. The molecule has 4 heteroatoms. The predicted octanol–water partition coefficient (Wildman–Crippen LogP) is 1.28. The Hall–Kier alpha value is -2.38. The lowest BCUT2D eigenvalue weighted by atomic mass is 10.0. The van der Waals surface area contributed by atoms with Crippen molar-refractivity contribution >= 4 is 0 Å². The Morgan fingerprint density at radius 1 is 0.933 bits per heavy atom. The Morgan fingerprint density at radius 2 is 1.53 bits per heavy atom. The third kappa shape index (κ3) is 2.79. The second-order valence-corrected chi connectivity index (χ2v) is 2.95.